The van der Waals surface area contributed by atoms with Gasteiger partial charge in [0.1, 0.15) is 0 Å². The molecule has 5 heteroatoms. The predicted molar refractivity (Wildman–Crippen MR) is 82.4 cm³/mol. The number of nitrogens with two attached hydrogens (primary N) is 1. The van der Waals surface area contributed by atoms with Crippen LogP contribution in [-0.4, -0.2) is 9.55 Å². The summed E-state index contributed by atoms with van der Waals surface area (Å²) >= 11 is 9.32. The average Bonchev–Trinajstić information content (AvgIpc) is 2.68. The zero-order valence-electron chi connectivity index (χ0n) is 9.98. The summed E-state index contributed by atoms with van der Waals surface area (Å²) in [7, 11) is 0. The first-order chi connectivity index (χ1) is 9.13. The molecule has 0 radical (unpaired) electrons. The molecule has 3 aromatic rings. The van der Waals surface area contributed by atoms with Gasteiger partial charge in [-0.15, -0.1) is 0 Å². The van der Waals surface area contributed by atoms with Crippen LogP contribution in [0.4, 0.5) is 5.95 Å². The maximum atomic E-state index is 5.99. The number of nitrogens with zero attached hydrogens (tertiary/aromatic N) is 2. The van der Waals surface area contributed by atoms with Crippen LogP contribution in [0.2, 0.25) is 5.02 Å². The summed E-state index contributed by atoms with van der Waals surface area (Å²) in [6, 6.07) is 13.7. The maximum absolute atomic E-state index is 5.99. The maximum Gasteiger partial charge on any atom is 0.201 e. The Morgan fingerprint density at radius 3 is 2.63 bits per heavy atom. The molecule has 19 heavy (non-hydrogen) atoms. The van der Waals surface area contributed by atoms with Crippen LogP contribution in [0.25, 0.3) is 11.0 Å². The third kappa shape index (κ3) is 2.46. The Balaban J connectivity index is 2.05. The topological polar surface area (TPSA) is 43.8 Å². The lowest BCUT2D eigenvalue weighted by atomic mass is 10.2. The van der Waals surface area contributed by atoms with Crippen molar-refractivity contribution in [1.29, 1.82) is 0 Å². The number of hydrogen-bond donors (Lipinski definition) is 1. The van der Waals surface area contributed by atoms with Crippen LogP contribution in [0.1, 0.15) is 5.56 Å². The fraction of sp³-hybridized carbons (Fsp3) is 0.0714. The van der Waals surface area contributed by atoms with Crippen molar-refractivity contribution in [2.45, 2.75) is 6.54 Å². The van der Waals surface area contributed by atoms with Crippen LogP contribution in [0, 0.1) is 0 Å². The van der Waals surface area contributed by atoms with Gasteiger partial charge in [0.15, 0.2) is 0 Å². The van der Waals surface area contributed by atoms with Gasteiger partial charge in [-0.3, -0.25) is 0 Å². The quantitative estimate of drug-likeness (QED) is 0.766. The largest absolute Gasteiger partial charge is 0.369 e. The lowest BCUT2D eigenvalue weighted by Gasteiger charge is -2.06. The molecule has 1 aromatic heterocycles. The number of aromatic nitrogens is 2. The van der Waals surface area contributed by atoms with Gasteiger partial charge in [0.05, 0.1) is 17.6 Å². The molecule has 0 aliphatic carbocycles. The molecule has 1 heterocycles. The van der Waals surface area contributed by atoms with Gasteiger partial charge >= 0.3 is 0 Å². The van der Waals surface area contributed by atoms with Crippen molar-refractivity contribution in [3.05, 3.63) is 57.5 Å². The highest BCUT2D eigenvalue weighted by atomic mass is 79.9. The van der Waals surface area contributed by atoms with Gasteiger partial charge in [-0.2, -0.15) is 0 Å². The summed E-state index contributed by atoms with van der Waals surface area (Å²) in [5, 5.41) is 0.733. The number of hydrogen-bond acceptors (Lipinski definition) is 2. The normalized spacial score (nSPS) is 11.1. The van der Waals surface area contributed by atoms with Gasteiger partial charge in [0.25, 0.3) is 0 Å². The smallest absolute Gasteiger partial charge is 0.201 e. The lowest BCUT2D eigenvalue weighted by Crippen LogP contribution is -2.04. The predicted octanol–water partition coefficient (Wildman–Crippen LogP) is 4.08. The fourth-order valence-corrected chi connectivity index (χ4v) is 2.54. The van der Waals surface area contributed by atoms with Crippen LogP contribution < -0.4 is 5.73 Å². The SMILES string of the molecule is Nc1nc2cc(Br)ccc2n1Cc1ccc(Cl)cc1. The van der Waals surface area contributed by atoms with E-state index in [4.69, 9.17) is 17.3 Å². The van der Waals surface area contributed by atoms with Crippen LogP contribution in [0.3, 0.4) is 0 Å². The van der Waals surface area contributed by atoms with Gasteiger partial charge in [-0.05, 0) is 35.9 Å². The third-order valence-electron chi connectivity index (χ3n) is 2.99. The number of anilines is 1. The van der Waals surface area contributed by atoms with E-state index in [0.29, 0.717) is 12.5 Å². The standard InChI is InChI=1S/C14H11BrClN3/c15-10-3-6-13-12(7-10)18-14(17)19(13)8-9-1-4-11(16)5-2-9/h1-7H,8H2,(H2,17,18). The first-order valence-corrected chi connectivity index (χ1v) is 6.96. The highest BCUT2D eigenvalue weighted by Crippen LogP contribution is 2.23. The van der Waals surface area contributed by atoms with Gasteiger partial charge in [0.2, 0.25) is 5.95 Å². The van der Waals surface area contributed by atoms with Crippen LogP contribution in [0.15, 0.2) is 46.9 Å². The Labute approximate surface area is 124 Å². The molecule has 0 aliphatic heterocycles. The molecule has 0 fully saturated rings. The number of benzene rings is 2. The van der Waals surface area contributed by atoms with Crippen LogP contribution in [0.5, 0.6) is 0 Å². The van der Waals surface area contributed by atoms with E-state index in [-0.39, 0.29) is 0 Å². The van der Waals surface area contributed by atoms with Crippen molar-refractivity contribution in [1.82, 2.24) is 9.55 Å². The zero-order valence-corrected chi connectivity index (χ0v) is 12.3. The molecule has 2 aromatic carbocycles. The molecule has 0 saturated carbocycles. The molecular formula is C14H11BrClN3. The van der Waals surface area contributed by atoms with Crippen molar-refractivity contribution in [3.8, 4) is 0 Å². The molecule has 3 rings (SSSR count). The number of imidazole rings is 1. The second-order valence-electron chi connectivity index (χ2n) is 4.32. The molecule has 0 aliphatic rings. The molecule has 0 saturated heterocycles. The highest BCUT2D eigenvalue weighted by Gasteiger charge is 2.08. The minimum absolute atomic E-state index is 0.517. The monoisotopic (exact) mass is 335 g/mol. The molecule has 0 amide bonds. The summed E-state index contributed by atoms with van der Waals surface area (Å²) in [6.07, 6.45) is 0. The van der Waals surface area contributed by atoms with E-state index in [0.717, 1.165) is 26.1 Å². The minimum atomic E-state index is 0.517. The van der Waals surface area contributed by atoms with Crippen LogP contribution >= 0.6 is 27.5 Å². The lowest BCUT2D eigenvalue weighted by molar-refractivity contribution is 0.838. The molecule has 96 valence electrons. The first-order valence-electron chi connectivity index (χ1n) is 5.79. The summed E-state index contributed by atoms with van der Waals surface area (Å²) in [4.78, 5) is 4.37. The number of nitrogen functional groups attached to an aromatic ring is 1. The summed E-state index contributed by atoms with van der Waals surface area (Å²) < 4.78 is 2.99. The summed E-state index contributed by atoms with van der Waals surface area (Å²) in [6.45, 7) is 0.682. The molecule has 0 bridgehead atoms. The third-order valence-corrected chi connectivity index (χ3v) is 3.74. The van der Waals surface area contributed by atoms with E-state index in [1.54, 1.807) is 0 Å². The van der Waals surface area contributed by atoms with E-state index >= 15 is 0 Å². The molecule has 0 spiro atoms. The second kappa shape index (κ2) is 4.87. The summed E-state index contributed by atoms with van der Waals surface area (Å²) in [5.74, 6) is 0.517. The molecule has 0 atom stereocenters. The number of halogens is 2. The van der Waals surface area contributed by atoms with Crippen molar-refractivity contribution in [2.24, 2.45) is 0 Å². The van der Waals surface area contributed by atoms with Crippen molar-refractivity contribution in [2.75, 3.05) is 5.73 Å². The van der Waals surface area contributed by atoms with Crippen molar-refractivity contribution >= 4 is 44.5 Å². The fourth-order valence-electron chi connectivity index (χ4n) is 2.06. The van der Waals surface area contributed by atoms with Gasteiger partial charge in [0, 0.05) is 9.50 Å². The van der Waals surface area contributed by atoms with Gasteiger partial charge in [-0.25, -0.2) is 4.98 Å². The zero-order chi connectivity index (χ0) is 13.4. The summed E-state index contributed by atoms with van der Waals surface area (Å²) in [5.41, 5.74) is 9.04. The Hall–Kier alpha value is -1.52. The molecule has 0 unspecified atom stereocenters. The van der Waals surface area contributed by atoms with E-state index in [2.05, 4.69) is 20.9 Å². The van der Waals surface area contributed by atoms with Crippen LogP contribution in [-0.2, 0) is 6.54 Å². The van der Waals surface area contributed by atoms with Crippen molar-refractivity contribution in [3.63, 3.8) is 0 Å². The van der Waals surface area contributed by atoms with E-state index in [1.165, 1.54) is 0 Å². The van der Waals surface area contributed by atoms with E-state index in [9.17, 15) is 0 Å². The Morgan fingerprint density at radius 1 is 1.16 bits per heavy atom. The molecule has 2 N–H and O–H groups in total. The van der Waals surface area contributed by atoms with E-state index < -0.39 is 0 Å². The Bertz CT molecular complexity index is 734. The van der Waals surface area contributed by atoms with Crippen molar-refractivity contribution < 1.29 is 0 Å². The number of fused-ring (bicyclic) bond motifs is 1. The Kier molecular flexibility index (Phi) is 3.21. The minimum Gasteiger partial charge on any atom is -0.369 e. The number of rotatable bonds is 2. The first kappa shape index (κ1) is 12.5. The Morgan fingerprint density at radius 2 is 1.89 bits per heavy atom. The second-order valence-corrected chi connectivity index (χ2v) is 5.67. The van der Waals surface area contributed by atoms with E-state index in [1.807, 2.05) is 47.0 Å². The molecule has 3 nitrogen and oxygen atoms in total. The average molecular weight is 337 g/mol. The highest BCUT2D eigenvalue weighted by molar-refractivity contribution is 9.10. The molecular weight excluding hydrogens is 326 g/mol. The van der Waals surface area contributed by atoms with Gasteiger partial charge in [-0.1, -0.05) is 39.7 Å². The van der Waals surface area contributed by atoms with Gasteiger partial charge < -0.3 is 10.3 Å².